The normalized spacial score (nSPS) is 10.8. The van der Waals surface area contributed by atoms with Gasteiger partial charge in [0.15, 0.2) is 0 Å². The fourth-order valence-corrected chi connectivity index (χ4v) is 2.74. The zero-order valence-electron chi connectivity index (χ0n) is 15.1. The smallest absolute Gasteiger partial charge is 0.308 e. The Balaban J connectivity index is 0.00000288. The van der Waals surface area contributed by atoms with Crippen molar-refractivity contribution in [2.24, 2.45) is 0 Å². The second-order valence-corrected chi connectivity index (χ2v) is 6.38. The standard InChI is InChI=1S/C20H24O3.W/c1-13-11-16(7-9-18(13)22-6)20(4,5)17-8-10-19(14(2)12-17)23-15(3)21;/h7-12H,1-6H3;. The number of hydrogen-bond acceptors (Lipinski definition) is 3. The van der Waals surface area contributed by atoms with Gasteiger partial charge in [-0.2, -0.15) is 0 Å². The first-order valence-corrected chi connectivity index (χ1v) is 7.70. The summed E-state index contributed by atoms with van der Waals surface area (Å²) >= 11 is 0. The molecule has 0 amide bonds. The summed E-state index contributed by atoms with van der Waals surface area (Å²) in [5.74, 6) is 1.21. The van der Waals surface area contributed by atoms with Gasteiger partial charge < -0.3 is 9.47 Å². The molecular weight excluding hydrogens is 472 g/mol. The van der Waals surface area contributed by atoms with Gasteiger partial charge >= 0.3 is 5.97 Å². The molecule has 0 spiro atoms. The average Bonchev–Trinajstić information content (AvgIpc) is 2.48. The van der Waals surface area contributed by atoms with Gasteiger partial charge in [0.2, 0.25) is 0 Å². The predicted octanol–water partition coefficient (Wildman–Crippen LogP) is 4.56. The van der Waals surface area contributed by atoms with E-state index in [1.54, 1.807) is 7.11 Å². The molecule has 128 valence electrons. The Bertz CT molecular complexity index is 736. The maximum atomic E-state index is 11.1. The molecule has 0 aliphatic carbocycles. The van der Waals surface area contributed by atoms with E-state index >= 15 is 0 Å². The van der Waals surface area contributed by atoms with Gasteiger partial charge in [0.25, 0.3) is 0 Å². The molecule has 2 aromatic carbocycles. The molecule has 0 N–H and O–H groups in total. The van der Waals surface area contributed by atoms with E-state index in [1.165, 1.54) is 18.1 Å². The fourth-order valence-electron chi connectivity index (χ4n) is 2.74. The van der Waals surface area contributed by atoms with Crippen molar-refractivity contribution >= 4 is 5.97 Å². The largest absolute Gasteiger partial charge is 0.496 e. The van der Waals surface area contributed by atoms with Crippen LogP contribution in [-0.4, -0.2) is 13.1 Å². The number of esters is 1. The Morgan fingerprint density at radius 1 is 0.917 bits per heavy atom. The van der Waals surface area contributed by atoms with Gasteiger partial charge in [0.1, 0.15) is 11.5 Å². The van der Waals surface area contributed by atoms with Crippen molar-refractivity contribution in [2.45, 2.75) is 40.0 Å². The van der Waals surface area contributed by atoms with Gasteiger partial charge in [0.05, 0.1) is 7.11 Å². The zero-order chi connectivity index (χ0) is 17.2. The third kappa shape index (κ3) is 4.27. The molecule has 0 heterocycles. The minimum atomic E-state index is -0.300. The first kappa shape index (κ1) is 20.4. The number of methoxy groups -OCH3 is 1. The van der Waals surface area contributed by atoms with E-state index in [4.69, 9.17) is 9.47 Å². The molecule has 3 nitrogen and oxygen atoms in total. The molecule has 0 aliphatic rings. The van der Waals surface area contributed by atoms with E-state index in [1.807, 2.05) is 32.0 Å². The summed E-state index contributed by atoms with van der Waals surface area (Å²) in [7, 11) is 1.68. The summed E-state index contributed by atoms with van der Waals surface area (Å²) in [5, 5.41) is 0. The van der Waals surface area contributed by atoms with E-state index in [0.29, 0.717) is 5.75 Å². The second kappa shape index (κ2) is 7.98. The molecule has 0 saturated heterocycles. The van der Waals surface area contributed by atoms with Crippen LogP contribution in [0.2, 0.25) is 0 Å². The van der Waals surface area contributed by atoms with Crippen LogP contribution in [-0.2, 0) is 31.3 Å². The van der Waals surface area contributed by atoms with Gasteiger partial charge in [0, 0.05) is 33.4 Å². The molecule has 24 heavy (non-hydrogen) atoms. The number of benzene rings is 2. The Kier molecular flexibility index (Phi) is 6.80. The molecule has 2 rings (SSSR count). The van der Waals surface area contributed by atoms with Gasteiger partial charge in [-0.15, -0.1) is 0 Å². The third-order valence-electron chi connectivity index (χ3n) is 4.27. The van der Waals surface area contributed by atoms with Crippen molar-refractivity contribution in [1.29, 1.82) is 0 Å². The number of aryl methyl sites for hydroxylation is 2. The third-order valence-corrected chi connectivity index (χ3v) is 4.27. The van der Waals surface area contributed by atoms with Crippen LogP contribution >= 0.6 is 0 Å². The first-order chi connectivity index (χ1) is 10.8. The van der Waals surface area contributed by atoms with Crippen LogP contribution in [0, 0.1) is 13.8 Å². The number of rotatable bonds is 4. The van der Waals surface area contributed by atoms with Crippen molar-refractivity contribution in [2.75, 3.05) is 7.11 Å². The molecular formula is C20H24O3W. The van der Waals surface area contributed by atoms with Crippen LogP contribution in [0.15, 0.2) is 36.4 Å². The molecule has 0 aliphatic heterocycles. The van der Waals surface area contributed by atoms with Gasteiger partial charge in [-0.1, -0.05) is 38.1 Å². The van der Waals surface area contributed by atoms with E-state index < -0.39 is 0 Å². The topological polar surface area (TPSA) is 35.5 Å². The quantitative estimate of drug-likeness (QED) is 0.460. The average molecular weight is 496 g/mol. The van der Waals surface area contributed by atoms with Crippen LogP contribution in [0.25, 0.3) is 0 Å². The van der Waals surface area contributed by atoms with Crippen LogP contribution in [0.1, 0.15) is 43.0 Å². The molecule has 0 saturated carbocycles. The maximum absolute atomic E-state index is 11.1. The Labute approximate surface area is 158 Å². The van der Waals surface area contributed by atoms with E-state index in [0.717, 1.165) is 16.9 Å². The molecule has 0 unspecified atom stereocenters. The molecule has 0 radical (unpaired) electrons. The number of carbonyl (C=O) groups is 1. The van der Waals surface area contributed by atoms with E-state index in [2.05, 4.69) is 32.0 Å². The molecule has 0 atom stereocenters. The van der Waals surface area contributed by atoms with Crippen LogP contribution in [0.3, 0.4) is 0 Å². The summed E-state index contributed by atoms with van der Waals surface area (Å²) in [4.78, 5) is 11.1. The summed E-state index contributed by atoms with van der Waals surface area (Å²) in [6.07, 6.45) is 0. The fraction of sp³-hybridized carbons (Fsp3) is 0.350. The van der Waals surface area contributed by atoms with Gasteiger partial charge in [-0.05, 0) is 48.2 Å². The minimum absolute atomic E-state index is 0. The van der Waals surface area contributed by atoms with E-state index in [9.17, 15) is 4.79 Å². The van der Waals surface area contributed by atoms with Crippen molar-refractivity contribution in [3.63, 3.8) is 0 Å². The molecule has 2 aromatic rings. The summed E-state index contributed by atoms with van der Waals surface area (Å²) < 4.78 is 10.6. The summed E-state index contributed by atoms with van der Waals surface area (Å²) in [5.41, 5.74) is 4.31. The zero-order valence-corrected chi connectivity index (χ0v) is 18.0. The Morgan fingerprint density at radius 2 is 1.38 bits per heavy atom. The number of carbonyl (C=O) groups excluding carboxylic acids is 1. The van der Waals surface area contributed by atoms with Crippen molar-refractivity contribution < 1.29 is 35.3 Å². The van der Waals surface area contributed by atoms with Crippen molar-refractivity contribution in [3.8, 4) is 11.5 Å². The number of hydrogen-bond donors (Lipinski definition) is 0. The summed E-state index contributed by atoms with van der Waals surface area (Å²) in [6, 6.07) is 12.2. The first-order valence-electron chi connectivity index (χ1n) is 7.70. The Morgan fingerprint density at radius 3 is 1.75 bits per heavy atom. The molecule has 4 heteroatoms. The minimum Gasteiger partial charge on any atom is -0.496 e. The molecule has 0 aromatic heterocycles. The second-order valence-electron chi connectivity index (χ2n) is 6.38. The van der Waals surface area contributed by atoms with Gasteiger partial charge in [-0.25, -0.2) is 0 Å². The van der Waals surface area contributed by atoms with E-state index in [-0.39, 0.29) is 32.4 Å². The summed E-state index contributed by atoms with van der Waals surface area (Å²) in [6.45, 7) is 9.80. The Hall–Kier alpha value is -1.60. The molecule has 0 fully saturated rings. The van der Waals surface area contributed by atoms with Crippen LogP contribution in [0.5, 0.6) is 11.5 Å². The van der Waals surface area contributed by atoms with Crippen molar-refractivity contribution in [1.82, 2.24) is 0 Å². The maximum Gasteiger partial charge on any atom is 0.308 e. The predicted molar refractivity (Wildman–Crippen MR) is 92.3 cm³/mol. The SMILES string of the molecule is COc1ccc(C(C)(C)c2ccc(OC(C)=O)c(C)c2)cc1C.[W]. The molecule has 0 bridgehead atoms. The van der Waals surface area contributed by atoms with Crippen LogP contribution in [0.4, 0.5) is 0 Å². The van der Waals surface area contributed by atoms with Crippen LogP contribution < -0.4 is 9.47 Å². The van der Waals surface area contributed by atoms with Crippen molar-refractivity contribution in [3.05, 3.63) is 58.7 Å². The van der Waals surface area contributed by atoms with Gasteiger partial charge in [-0.3, -0.25) is 4.79 Å². The number of ether oxygens (including phenoxy) is 2. The monoisotopic (exact) mass is 496 g/mol.